The second-order valence-electron chi connectivity index (χ2n) is 6.27. The molecule has 0 spiro atoms. The molecule has 0 radical (unpaired) electrons. The van der Waals surface area contributed by atoms with E-state index in [0.717, 1.165) is 5.56 Å². The van der Waals surface area contributed by atoms with Crippen LogP contribution in [0.15, 0.2) is 91.5 Å². The predicted octanol–water partition coefficient (Wildman–Crippen LogP) is 4.43. The molecule has 2 N–H and O–H groups in total. The van der Waals surface area contributed by atoms with E-state index < -0.39 is 0 Å². The van der Waals surface area contributed by atoms with Crippen LogP contribution in [0.3, 0.4) is 0 Å². The molecule has 5 heteroatoms. The summed E-state index contributed by atoms with van der Waals surface area (Å²) in [6, 6.07) is 23.6. The number of ether oxygens (including phenoxy) is 1. The number of anilines is 1. The highest BCUT2D eigenvalue weighted by molar-refractivity contribution is 6.10. The maximum Gasteiger partial charge on any atom is 0.259 e. The van der Waals surface area contributed by atoms with Crippen LogP contribution in [0.2, 0.25) is 0 Å². The zero-order chi connectivity index (χ0) is 20.5. The van der Waals surface area contributed by atoms with Gasteiger partial charge in [-0.2, -0.15) is 0 Å². The Morgan fingerprint density at radius 2 is 1.48 bits per heavy atom. The average molecular weight is 386 g/mol. The number of rotatable bonds is 8. The van der Waals surface area contributed by atoms with Gasteiger partial charge in [-0.05, 0) is 29.8 Å². The molecule has 0 fully saturated rings. The Hall–Kier alpha value is -3.86. The first-order chi connectivity index (χ1) is 14.2. The predicted molar refractivity (Wildman–Crippen MR) is 114 cm³/mol. The van der Waals surface area contributed by atoms with Crippen molar-refractivity contribution >= 4 is 17.5 Å². The van der Waals surface area contributed by atoms with E-state index in [2.05, 4.69) is 17.2 Å². The molecule has 0 aliphatic heterocycles. The van der Waals surface area contributed by atoms with Crippen LogP contribution < -0.4 is 15.4 Å². The molecule has 0 saturated carbocycles. The Labute approximate surface area is 170 Å². The Morgan fingerprint density at radius 1 is 0.828 bits per heavy atom. The molecule has 146 valence electrons. The molecule has 0 aliphatic carbocycles. The van der Waals surface area contributed by atoms with Gasteiger partial charge in [-0.25, -0.2) is 0 Å². The number of carbonyl (C=O) groups excluding carboxylic acids is 2. The lowest BCUT2D eigenvalue weighted by Gasteiger charge is -2.14. The van der Waals surface area contributed by atoms with E-state index in [1.54, 1.807) is 48.5 Å². The first-order valence-corrected chi connectivity index (χ1v) is 9.24. The Kier molecular flexibility index (Phi) is 6.79. The van der Waals surface area contributed by atoms with Crippen LogP contribution in [0.5, 0.6) is 5.75 Å². The molecule has 0 unspecified atom stereocenters. The molecule has 0 heterocycles. The van der Waals surface area contributed by atoms with E-state index in [1.807, 2.05) is 36.4 Å². The molecule has 29 heavy (non-hydrogen) atoms. The highest BCUT2D eigenvalue weighted by atomic mass is 16.5. The third-order valence-corrected chi connectivity index (χ3v) is 4.20. The Bertz CT molecular complexity index is 1000. The fourth-order valence-corrected chi connectivity index (χ4v) is 2.76. The Balaban J connectivity index is 1.77. The molecule has 3 aromatic rings. The second-order valence-corrected chi connectivity index (χ2v) is 6.27. The third-order valence-electron chi connectivity index (χ3n) is 4.20. The smallest absolute Gasteiger partial charge is 0.259 e. The van der Waals surface area contributed by atoms with Crippen LogP contribution in [0.4, 0.5) is 5.69 Å². The largest absolute Gasteiger partial charge is 0.488 e. The molecule has 5 nitrogen and oxygen atoms in total. The number of carbonyl (C=O) groups is 2. The number of benzene rings is 3. The van der Waals surface area contributed by atoms with E-state index in [-0.39, 0.29) is 11.8 Å². The fraction of sp³-hybridized carbons (Fsp3) is 0.0833. The summed E-state index contributed by atoms with van der Waals surface area (Å²) in [5.74, 6) is -0.158. The zero-order valence-electron chi connectivity index (χ0n) is 15.9. The molecule has 3 aromatic carbocycles. The minimum atomic E-state index is -0.349. The highest BCUT2D eigenvalue weighted by Gasteiger charge is 2.16. The fourth-order valence-electron chi connectivity index (χ4n) is 2.76. The summed E-state index contributed by atoms with van der Waals surface area (Å²) < 4.78 is 5.86. The summed E-state index contributed by atoms with van der Waals surface area (Å²) >= 11 is 0. The lowest BCUT2D eigenvalue weighted by Crippen LogP contribution is -2.25. The quantitative estimate of drug-likeness (QED) is 0.563. The van der Waals surface area contributed by atoms with Crippen molar-refractivity contribution in [2.75, 3.05) is 11.9 Å². The van der Waals surface area contributed by atoms with Gasteiger partial charge in [-0.1, -0.05) is 60.7 Å². The van der Waals surface area contributed by atoms with Crippen molar-refractivity contribution in [3.63, 3.8) is 0 Å². The summed E-state index contributed by atoms with van der Waals surface area (Å²) in [6.45, 7) is 4.28. The first-order valence-electron chi connectivity index (χ1n) is 9.24. The number of nitrogens with one attached hydrogen (secondary N) is 2. The summed E-state index contributed by atoms with van der Waals surface area (Å²) in [6.07, 6.45) is 1.60. The van der Waals surface area contributed by atoms with Crippen molar-refractivity contribution in [1.82, 2.24) is 5.32 Å². The topological polar surface area (TPSA) is 67.4 Å². The summed E-state index contributed by atoms with van der Waals surface area (Å²) in [5, 5.41) is 5.54. The Morgan fingerprint density at radius 3 is 2.24 bits per heavy atom. The van der Waals surface area contributed by atoms with Gasteiger partial charge < -0.3 is 15.4 Å². The molecule has 2 amide bonds. The maximum atomic E-state index is 12.9. The molecule has 0 atom stereocenters. The third kappa shape index (κ3) is 5.32. The average Bonchev–Trinajstić information content (AvgIpc) is 2.77. The van der Waals surface area contributed by atoms with Crippen LogP contribution in [-0.4, -0.2) is 18.4 Å². The molecular weight excluding hydrogens is 364 g/mol. The van der Waals surface area contributed by atoms with Crippen molar-refractivity contribution in [3.8, 4) is 5.75 Å². The number of hydrogen-bond acceptors (Lipinski definition) is 3. The molecule has 3 rings (SSSR count). The van der Waals surface area contributed by atoms with E-state index in [1.165, 1.54) is 0 Å². The van der Waals surface area contributed by atoms with Gasteiger partial charge in [0, 0.05) is 6.54 Å². The highest BCUT2D eigenvalue weighted by Crippen LogP contribution is 2.22. The summed E-state index contributed by atoms with van der Waals surface area (Å²) in [4.78, 5) is 25.2. The maximum absolute atomic E-state index is 12.9. The molecule has 0 aromatic heterocycles. The molecular formula is C24H22N2O3. The molecule has 0 bridgehead atoms. The van der Waals surface area contributed by atoms with Crippen LogP contribution >= 0.6 is 0 Å². The van der Waals surface area contributed by atoms with Crippen molar-refractivity contribution in [2.45, 2.75) is 6.61 Å². The summed E-state index contributed by atoms with van der Waals surface area (Å²) in [7, 11) is 0. The second kappa shape index (κ2) is 9.90. The lowest BCUT2D eigenvalue weighted by molar-refractivity contribution is 0.0959. The standard InChI is InChI=1S/C24H22N2O3/c1-2-16-25-23(27)19-12-6-8-14-21(19)26-24(28)20-13-7-9-15-22(20)29-17-18-10-4-3-5-11-18/h2-15H,1,16-17H2,(H,25,27)(H,26,28). The van der Waals surface area contributed by atoms with Crippen molar-refractivity contribution in [1.29, 1.82) is 0 Å². The van der Waals surface area contributed by atoms with E-state index >= 15 is 0 Å². The SMILES string of the molecule is C=CCNC(=O)c1ccccc1NC(=O)c1ccccc1OCc1ccccc1. The van der Waals surface area contributed by atoms with Gasteiger partial charge in [0.05, 0.1) is 16.8 Å². The summed E-state index contributed by atoms with van der Waals surface area (Å²) in [5.41, 5.74) is 2.21. The van der Waals surface area contributed by atoms with Crippen molar-refractivity contribution in [2.24, 2.45) is 0 Å². The van der Waals surface area contributed by atoms with Crippen LogP contribution in [0.1, 0.15) is 26.3 Å². The van der Waals surface area contributed by atoms with Gasteiger partial charge in [-0.15, -0.1) is 6.58 Å². The van der Waals surface area contributed by atoms with Crippen LogP contribution in [0.25, 0.3) is 0 Å². The van der Waals surface area contributed by atoms with Crippen molar-refractivity contribution in [3.05, 3.63) is 108 Å². The number of hydrogen-bond donors (Lipinski definition) is 2. The van der Waals surface area contributed by atoms with Gasteiger partial charge in [0.2, 0.25) is 0 Å². The minimum Gasteiger partial charge on any atom is -0.488 e. The zero-order valence-corrected chi connectivity index (χ0v) is 15.9. The molecule has 0 aliphatic rings. The monoisotopic (exact) mass is 386 g/mol. The van der Waals surface area contributed by atoms with Gasteiger partial charge in [0.25, 0.3) is 11.8 Å². The van der Waals surface area contributed by atoms with Gasteiger partial charge in [-0.3, -0.25) is 9.59 Å². The lowest BCUT2D eigenvalue weighted by atomic mass is 10.1. The van der Waals surface area contributed by atoms with E-state index in [9.17, 15) is 9.59 Å². The van der Waals surface area contributed by atoms with Crippen molar-refractivity contribution < 1.29 is 14.3 Å². The minimum absolute atomic E-state index is 0.283. The van der Waals surface area contributed by atoms with Gasteiger partial charge >= 0.3 is 0 Å². The van der Waals surface area contributed by atoms with E-state index in [0.29, 0.717) is 35.7 Å². The van der Waals surface area contributed by atoms with Crippen LogP contribution in [0, 0.1) is 0 Å². The van der Waals surface area contributed by atoms with E-state index in [4.69, 9.17) is 4.74 Å². The normalized spacial score (nSPS) is 10.1. The van der Waals surface area contributed by atoms with Gasteiger partial charge in [0.15, 0.2) is 0 Å². The van der Waals surface area contributed by atoms with Crippen LogP contribution in [-0.2, 0) is 6.61 Å². The number of amides is 2. The first kappa shape index (κ1) is 19.9. The van der Waals surface area contributed by atoms with Gasteiger partial charge in [0.1, 0.15) is 12.4 Å². The molecule has 0 saturated heterocycles. The number of para-hydroxylation sites is 2.